The standard InChI is InChI=1S/C18H15Br2N3S.C12H16N4O4S/c1-11-8-15(19)17(16(20)9-11)21-10-14-12(2)22-23(18(14)24)13-6-4-3-5-7-13;1-9-2-4-10(5-3-9)21(19,20)15-12-13-7-16(8-14-12)6-11(17)18/h3-10,22H,1-2H3;2-5H,6-8H2,1H3,(H,17,18)(H2,13,14,15)/p-1. The van der Waals surface area contributed by atoms with Crippen molar-refractivity contribution in [3.63, 3.8) is 0 Å². The Bertz CT molecular complexity index is 1880. The van der Waals surface area contributed by atoms with Gasteiger partial charge >= 0.3 is 0 Å². The molecular weight excluding hydrogens is 746 g/mol. The first-order valence-electron chi connectivity index (χ1n) is 13.5. The zero-order valence-corrected chi connectivity index (χ0v) is 29.3. The molecule has 11 nitrogen and oxygen atoms in total. The number of aliphatic imine (C=N–C) groups is 2. The second kappa shape index (κ2) is 15.1. The van der Waals surface area contributed by atoms with Gasteiger partial charge in [-0.15, -0.1) is 0 Å². The Morgan fingerprint density at radius 2 is 1.71 bits per heavy atom. The number of carbonyl (C=O) groups excluding carboxylic acids is 1. The number of carboxylic acid groups (broad SMARTS) is 1. The van der Waals surface area contributed by atoms with Gasteiger partial charge in [-0.2, -0.15) is 0 Å². The second-order valence-corrected chi connectivity index (χ2v) is 13.8. The fraction of sp³-hybridized carbons (Fsp3) is 0.200. The van der Waals surface area contributed by atoms with Crippen LogP contribution >= 0.6 is 44.1 Å². The van der Waals surface area contributed by atoms with Crippen molar-refractivity contribution in [2.24, 2.45) is 9.98 Å². The molecule has 0 aliphatic carbocycles. The average Bonchev–Trinajstić information content (AvgIpc) is 3.27. The van der Waals surface area contributed by atoms with Crippen LogP contribution in [0.25, 0.3) is 5.69 Å². The first-order chi connectivity index (χ1) is 21.3. The van der Waals surface area contributed by atoms with E-state index in [9.17, 15) is 18.3 Å². The molecule has 0 bridgehead atoms. The van der Waals surface area contributed by atoms with Crippen molar-refractivity contribution in [2.75, 3.05) is 19.9 Å². The topological polar surface area (TPSA) is 147 Å². The summed E-state index contributed by atoms with van der Waals surface area (Å²) in [4.78, 5) is 20.6. The third kappa shape index (κ3) is 9.20. The van der Waals surface area contributed by atoms with E-state index in [1.807, 2.05) is 74.1 Å². The summed E-state index contributed by atoms with van der Waals surface area (Å²) in [5.41, 5.74) is 5.86. The number of nitrogens with zero attached hydrogens (tertiary/aromatic N) is 4. The molecule has 0 saturated heterocycles. The number of benzene rings is 3. The first-order valence-corrected chi connectivity index (χ1v) is 17.0. The molecule has 0 fully saturated rings. The molecule has 3 N–H and O–H groups in total. The Kier molecular flexibility index (Phi) is 11.5. The number of aromatic amines is 1. The van der Waals surface area contributed by atoms with Crippen molar-refractivity contribution in [1.82, 2.24) is 24.7 Å². The summed E-state index contributed by atoms with van der Waals surface area (Å²) in [5.74, 6) is -1.12. The predicted octanol–water partition coefficient (Wildman–Crippen LogP) is 4.63. The third-order valence-corrected chi connectivity index (χ3v) is 9.40. The maximum atomic E-state index is 12.1. The number of aromatic nitrogens is 2. The monoisotopic (exact) mass is 774 g/mol. The number of hydrogen-bond acceptors (Lipinski definition) is 9. The third-order valence-electron chi connectivity index (χ3n) is 6.43. The number of H-pyrrole nitrogens is 1. The lowest BCUT2D eigenvalue weighted by Crippen LogP contribution is -2.52. The zero-order chi connectivity index (χ0) is 32.7. The number of halogens is 2. The predicted molar refractivity (Wildman–Crippen MR) is 183 cm³/mol. The van der Waals surface area contributed by atoms with E-state index in [-0.39, 0.29) is 30.7 Å². The van der Waals surface area contributed by atoms with Crippen molar-refractivity contribution in [3.05, 3.63) is 103 Å². The number of aliphatic carboxylic acids is 1. The Hall–Kier alpha value is -3.63. The van der Waals surface area contributed by atoms with Crippen molar-refractivity contribution >= 4 is 77.9 Å². The van der Waals surface area contributed by atoms with Crippen molar-refractivity contribution in [2.45, 2.75) is 25.7 Å². The summed E-state index contributed by atoms with van der Waals surface area (Å²) in [6.07, 6.45) is 1.81. The van der Waals surface area contributed by atoms with Crippen LogP contribution in [0.1, 0.15) is 22.4 Å². The Morgan fingerprint density at radius 1 is 1.07 bits per heavy atom. The minimum absolute atomic E-state index is 0.0761. The highest BCUT2D eigenvalue weighted by atomic mass is 79.9. The van der Waals surface area contributed by atoms with Crippen LogP contribution in [-0.2, 0) is 14.8 Å². The van der Waals surface area contributed by atoms with E-state index in [4.69, 9.17) is 12.2 Å². The van der Waals surface area contributed by atoms with Gasteiger partial charge in [0.25, 0.3) is 10.0 Å². The maximum Gasteiger partial charge on any atom is 0.264 e. The van der Waals surface area contributed by atoms with E-state index in [1.165, 1.54) is 17.0 Å². The van der Waals surface area contributed by atoms with Crippen molar-refractivity contribution < 1.29 is 18.3 Å². The van der Waals surface area contributed by atoms with Crippen LogP contribution in [0.3, 0.4) is 0 Å². The molecule has 236 valence electrons. The van der Waals surface area contributed by atoms with Gasteiger partial charge in [-0.05, 0) is 94.6 Å². The van der Waals surface area contributed by atoms with Crippen molar-refractivity contribution in [1.29, 1.82) is 0 Å². The van der Waals surface area contributed by atoms with E-state index in [0.717, 1.165) is 42.7 Å². The number of rotatable bonds is 7. The molecule has 2 heterocycles. The van der Waals surface area contributed by atoms with Gasteiger partial charge in [0.05, 0.1) is 41.1 Å². The molecule has 0 atom stereocenters. The molecule has 0 amide bonds. The first kappa shape index (κ1) is 34.2. The van der Waals surface area contributed by atoms with Gasteiger partial charge < -0.3 is 15.2 Å². The summed E-state index contributed by atoms with van der Waals surface area (Å²) in [6.45, 7) is 5.88. The molecule has 4 aromatic rings. The average molecular weight is 777 g/mol. The van der Waals surface area contributed by atoms with Gasteiger partial charge in [0.15, 0.2) is 0 Å². The van der Waals surface area contributed by atoms with E-state index in [0.29, 0.717) is 4.64 Å². The number of para-hydroxylation sites is 1. The van der Waals surface area contributed by atoms with Crippen LogP contribution in [0.5, 0.6) is 0 Å². The summed E-state index contributed by atoms with van der Waals surface area (Å²) in [7, 11) is -3.71. The number of nitrogens with one attached hydrogen (secondary N) is 3. The van der Waals surface area contributed by atoms with Crippen LogP contribution in [0, 0.1) is 25.4 Å². The van der Waals surface area contributed by atoms with Crippen LogP contribution in [0.15, 0.2) is 90.6 Å². The molecule has 0 spiro atoms. The van der Waals surface area contributed by atoms with Crippen LogP contribution in [0.4, 0.5) is 5.69 Å². The molecule has 0 radical (unpaired) electrons. The summed E-state index contributed by atoms with van der Waals surface area (Å²) in [6, 6.07) is 20.5. The van der Waals surface area contributed by atoms with Crippen molar-refractivity contribution in [3.8, 4) is 5.69 Å². The number of hydrogen-bond donors (Lipinski definition) is 3. The Labute approximate surface area is 283 Å². The van der Waals surface area contributed by atoms with E-state index < -0.39 is 16.0 Å². The molecule has 1 aromatic heterocycles. The van der Waals surface area contributed by atoms with Gasteiger partial charge in [0.1, 0.15) is 4.64 Å². The Balaban J connectivity index is 0.000000207. The Morgan fingerprint density at radius 3 is 2.29 bits per heavy atom. The van der Waals surface area contributed by atoms with Gasteiger partial charge in [0, 0.05) is 27.4 Å². The zero-order valence-electron chi connectivity index (χ0n) is 24.5. The number of carboxylic acids is 1. The molecule has 3 aromatic carbocycles. The minimum Gasteiger partial charge on any atom is -0.549 e. The molecule has 1 aliphatic heterocycles. The smallest absolute Gasteiger partial charge is 0.264 e. The van der Waals surface area contributed by atoms with E-state index in [1.54, 1.807) is 12.1 Å². The normalized spacial score (nSPS) is 13.5. The largest absolute Gasteiger partial charge is 0.549 e. The number of carbonyl (C=O) groups is 1. The van der Waals surface area contributed by atoms with Crippen LogP contribution < -0.4 is 15.1 Å². The van der Waals surface area contributed by atoms with Gasteiger partial charge in [-0.3, -0.25) is 15.0 Å². The lowest BCUT2D eigenvalue weighted by Gasteiger charge is -2.27. The summed E-state index contributed by atoms with van der Waals surface area (Å²) < 4.78 is 31.1. The highest BCUT2D eigenvalue weighted by Gasteiger charge is 2.19. The van der Waals surface area contributed by atoms with Gasteiger partial charge in [-0.1, -0.05) is 48.1 Å². The van der Waals surface area contributed by atoms with Crippen LogP contribution in [-0.4, -0.2) is 61.1 Å². The maximum absolute atomic E-state index is 12.1. The fourth-order valence-electron chi connectivity index (χ4n) is 4.14. The quantitative estimate of drug-likeness (QED) is 0.183. The number of sulfonamides is 1. The molecule has 15 heteroatoms. The molecule has 5 rings (SSSR count). The lowest BCUT2D eigenvalue weighted by molar-refractivity contribution is -0.306. The van der Waals surface area contributed by atoms with Gasteiger partial charge in [-0.25, -0.2) is 22.8 Å². The summed E-state index contributed by atoms with van der Waals surface area (Å²) in [5, 5.41) is 16.5. The highest BCUT2D eigenvalue weighted by Crippen LogP contribution is 2.34. The fourth-order valence-corrected chi connectivity index (χ4v) is 7.12. The number of guanidine groups is 1. The minimum atomic E-state index is -3.71. The van der Waals surface area contributed by atoms with E-state index >= 15 is 0 Å². The van der Waals surface area contributed by atoms with E-state index in [2.05, 4.69) is 57.0 Å². The molecular formula is C30H30Br2N7O4S2-. The highest BCUT2D eigenvalue weighted by molar-refractivity contribution is 9.11. The summed E-state index contributed by atoms with van der Waals surface area (Å²) >= 11 is 12.7. The molecule has 45 heavy (non-hydrogen) atoms. The second-order valence-electron chi connectivity index (χ2n) is 10.1. The SMILES string of the molecule is Cc1cc(Br)c(N=Cc2c(C)[nH]n(-c3ccccc3)c2=S)c(Br)c1.Cc1ccc(S(=O)(=O)NC2=NCN(CC(=O)[O-])CN2)cc1. The molecule has 0 unspecified atom stereocenters. The number of aryl methyl sites for hydroxylation is 3. The van der Waals surface area contributed by atoms with Gasteiger partial charge in [0.2, 0.25) is 5.96 Å². The van der Waals surface area contributed by atoms with Crippen LogP contribution in [0.2, 0.25) is 0 Å². The molecule has 0 saturated carbocycles. The lowest BCUT2D eigenvalue weighted by atomic mass is 10.2. The molecule has 1 aliphatic rings.